The van der Waals surface area contributed by atoms with E-state index in [0.717, 1.165) is 35.8 Å². The minimum atomic E-state index is 0.763. The van der Waals surface area contributed by atoms with Gasteiger partial charge >= 0.3 is 0 Å². The number of rotatable bonds is 3. The smallest absolute Gasteiger partial charge is 0.0224 e. The Balaban J connectivity index is 1.37. The quantitative estimate of drug-likeness (QED) is 0.825. The van der Waals surface area contributed by atoms with Gasteiger partial charge in [-0.2, -0.15) is 0 Å². The van der Waals surface area contributed by atoms with Gasteiger partial charge in [-0.05, 0) is 62.7 Å². The van der Waals surface area contributed by atoms with Crippen LogP contribution in [0.3, 0.4) is 0 Å². The molecule has 4 rings (SSSR count). The Morgan fingerprint density at radius 1 is 1.06 bits per heavy atom. The molecule has 5 atom stereocenters. The first-order valence-electron chi connectivity index (χ1n) is 8.27. The summed E-state index contributed by atoms with van der Waals surface area (Å²) < 4.78 is 0. The Morgan fingerprint density at radius 3 is 2.56 bits per heavy atom. The first-order chi connectivity index (χ1) is 8.79. The topological polar surface area (TPSA) is 15.3 Å². The van der Waals surface area contributed by atoms with Crippen LogP contribution in [0, 0.1) is 23.7 Å². The van der Waals surface area contributed by atoms with E-state index >= 15 is 0 Å². The Morgan fingerprint density at radius 2 is 1.89 bits per heavy atom. The van der Waals surface area contributed by atoms with Gasteiger partial charge in [0.15, 0.2) is 0 Å². The van der Waals surface area contributed by atoms with Crippen LogP contribution in [-0.2, 0) is 0 Å². The lowest BCUT2D eigenvalue weighted by molar-refractivity contribution is 0.0978. The van der Waals surface area contributed by atoms with E-state index in [1.54, 1.807) is 25.7 Å². The van der Waals surface area contributed by atoms with Crippen molar-refractivity contribution >= 4 is 0 Å². The molecule has 0 aromatic rings. The third-order valence-corrected chi connectivity index (χ3v) is 6.27. The van der Waals surface area contributed by atoms with Gasteiger partial charge in [-0.3, -0.25) is 4.90 Å². The van der Waals surface area contributed by atoms with Crippen LogP contribution in [0.1, 0.15) is 45.4 Å². The lowest BCUT2D eigenvalue weighted by atomic mass is 9.87. The van der Waals surface area contributed by atoms with Gasteiger partial charge < -0.3 is 5.32 Å². The van der Waals surface area contributed by atoms with E-state index in [-0.39, 0.29) is 0 Å². The van der Waals surface area contributed by atoms with E-state index in [4.69, 9.17) is 0 Å². The van der Waals surface area contributed by atoms with Gasteiger partial charge in [-0.25, -0.2) is 0 Å². The lowest BCUT2D eigenvalue weighted by Crippen LogP contribution is -2.57. The molecule has 0 radical (unpaired) electrons. The molecule has 1 saturated heterocycles. The molecular weight excluding hydrogens is 220 g/mol. The van der Waals surface area contributed by atoms with Gasteiger partial charge in [-0.15, -0.1) is 0 Å². The van der Waals surface area contributed by atoms with Gasteiger partial charge in [0.05, 0.1) is 0 Å². The second-order valence-corrected chi connectivity index (χ2v) is 7.59. The second-order valence-electron chi connectivity index (χ2n) is 7.59. The third kappa shape index (κ3) is 2.12. The van der Waals surface area contributed by atoms with Crippen molar-refractivity contribution in [2.45, 2.75) is 57.5 Å². The summed E-state index contributed by atoms with van der Waals surface area (Å²) in [5.74, 6) is 4.26. The molecule has 1 N–H and O–H groups in total. The summed E-state index contributed by atoms with van der Waals surface area (Å²) in [5, 5.41) is 3.78. The minimum absolute atomic E-state index is 0.763. The second kappa shape index (κ2) is 4.49. The Labute approximate surface area is 111 Å². The van der Waals surface area contributed by atoms with E-state index in [0.29, 0.717) is 0 Å². The molecule has 2 bridgehead atoms. The fourth-order valence-electron chi connectivity index (χ4n) is 4.92. The maximum Gasteiger partial charge on any atom is 0.0224 e. The highest BCUT2D eigenvalue weighted by Crippen LogP contribution is 2.48. The fraction of sp³-hybridized carbons (Fsp3) is 1.00. The third-order valence-electron chi connectivity index (χ3n) is 6.27. The van der Waals surface area contributed by atoms with E-state index < -0.39 is 0 Å². The molecule has 0 amide bonds. The van der Waals surface area contributed by atoms with E-state index in [1.165, 1.54) is 32.5 Å². The van der Waals surface area contributed by atoms with Crippen molar-refractivity contribution in [3.63, 3.8) is 0 Å². The van der Waals surface area contributed by atoms with Crippen molar-refractivity contribution in [2.75, 3.05) is 19.6 Å². The maximum absolute atomic E-state index is 3.78. The van der Waals surface area contributed by atoms with Crippen molar-refractivity contribution in [1.29, 1.82) is 0 Å². The Hall–Kier alpha value is -0.0800. The van der Waals surface area contributed by atoms with E-state index in [2.05, 4.69) is 17.1 Å². The molecule has 4 fully saturated rings. The average Bonchev–Trinajstić information content (AvgIpc) is 3.02. The van der Waals surface area contributed by atoms with Crippen molar-refractivity contribution in [2.24, 2.45) is 23.7 Å². The molecule has 3 saturated carbocycles. The predicted molar refractivity (Wildman–Crippen MR) is 74.5 cm³/mol. The minimum Gasteiger partial charge on any atom is -0.311 e. The summed E-state index contributed by atoms with van der Waals surface area (Å²) in [7, 11) is 0. The molecule has 102 valence electrons. The highest BCUT2D eigenvalue weighted by molar-refractivity contribution is 4.96. The van der Waals surface area contributed by atoms with Gasteiger partial charge in [0, 0.05) is 31.7 Å². The monoisotopic (exact) mass is 248 g/mol. The van der Waals surface area contributed by atoms with Crippen LogP contribution in [0.5, 0.6) is 0 Å². The van der Waals surface area contributed by atoms with Crippen LogP contribution < -0.4 is 5.32 Å². The lowest BCUT2D eigenvalue weighted by Gasteiger charge is -2.41. The number of nitrogens with zero attached hydrogens (tertiary/aromatic N) is 1. The first-order valence-corrected chi connectivity index (χ1v) is 8.27. The SMILES string of the molecule is CC1CNC(C2CC2)CN1CC1CC2CCC1C2. The number of fused-ring (bicyclic) bond motifs is 2. The Kier molecular flexibility index (Phi) is 2.92. The molecule has 4 aliphatic rings. The highest BCUT2D eigenvalue weighted by atomic mass is 15.2. The standard InChI is InChI=1S/C16H28N2/c1-11-8-17-16(13-4-5-13)10-18(11)9-15-7-12-2-3-14(15)6-12/h11-17H,2-10H2,1H3. The zero-order valence-corrected chi connectivity index (χ0v) is 11.8. The largest absolute Gasteiger partial charge is 0.311 e. The first kappa shape index (κ1) is 11.7. The number of hydrogen-bond acceptors (Lipinski definition) is 2. The summed E-state index contributed by atoms with van der Waals surface area (Å²) in [6.45, 7) is 6.39. The van der Waals surface area contributed by atoms with Crippen LogP contribution in [0.25, 0.3) is 0 Å². The van der Waals surface area contributed by atoms with Gasteiger partial charge in [-0.1, -0.05) is 6.42 Å². The molecule has 0 aromatic carbocycles. The van der Waals surface area contributed by atoms with Crippen molar-refractivity contribution in [3.05, 3.63) is 0 Å². The van der Waals surface area contributed by atoms with Crippen LogP contribution in [0.4, 0.5) is 0 Å². The van der Waals surface area contributed by atoms with Crippen LogP contribution in [-0.4, -0.2) is 36.6 Å². The summed E-state index contributed by atoms with van der Waals surface area (Å²) in [5.41, 5.74) is 0. The molecule has 5 unspecified atom stereocenters. The summed E-state index contributed by atoms with van der Waals surface area (Å²) >= 11 is 0. The number of hydrogen-bond donors (Lipinski definition) is 1. The van der Waals surface area contributed by atoms with Crippen molar-refractivity contribution in [3.8, 4) is 0 Å². The summed E-state index contributed by atoms with van der Waals surface area (Å²) in [6.07, 6.45) is 9.17. The maximum atomic E-state index is 3.78. The zero-order valence-electron chi connectivity index (χ0n) is 11.8. The predicted octanol–water partition coefficient (Wildman–Crippen LogP) is 2.49. The molecule has 1 heterocycles. The van der Waals surface area contributed by atoms with E-state index in [1.807, 2.05) is 0 Å². The zero-order chi connectivity index (χ0) is 12.1. The van der Waals surface area contributed by atoms with Gasteiger partial charge in [0.1, 0.15) is 0 Å². The van der Waals surface area contributed by atoms with Gasteiger partial charge in [0.2, 0.25) is 0 Å². The Bertz CT molecular complexity index is 312. The molecule has 3 aliphatic carbocycles. The van der Waals surface area contributed by atoms with Crippen molar-refractivity contribution in [1.82, 2.24) is 10.2 Å². The van der Waals surface area contributed by atoms with Crippen LogP contribution in [0.2, 0.25) is 0 Å². The molecule has 0 spiro atoms. The molecule has 2 heteroatoms. The van der Waals surface area contributed by atoms with Gasteiger partial charge in [0.25, 0.3) is 0 Å². The highest BCUT2D eigenvalue weighted by Gasteiger charge is 2.42. The van der Waals surface area contributed by atoms with Crippen molar-refractivity contribution < 1.29 is 0 Å². The summed E-state index contributed by atoms with van der Waals surface area (Å²) in [6, 6.07) is 1.58. The summed E-state index contributed by atoms with van der Waals surface area (Å²) in [4.78, 5) is 2.82. The van der Waals surface area contributed by atoms with Crippen LogP contribution >= 0.6 is 0 Å². The number of nitrogens with one attached hydrogen (secondary N) is 1. The molecule has 2 nitrogen and oxygen atoms in total. The number of piperazine rings is 1. The molecule has 18 heavy (non-hydrogen) atoms. The fourth-order valence-corrected chi connectivity index (χ4v) is 4.92. The molecule has 1 aliphatic heterocycles. The normalized spacial score (nSPS) is 48.8. The van der Waals surface area contributed by atoms with E-state index in [9.17, 15) is 0 Å². The van der Waals surface area contributed by atoms with Crippen LogP contribution in [0.15, 0.2) is 0 Å². The molecular formula is C16H28N2. The molecule has 0 aromatic heterocycles. The average molecular weight is 248 g/mol.